The number of nitrogens with zero attached hydrogens (tertiary/aromatic N) is 1. The van der Waals surface area contributed by atoms with E-state index in [1.54, 1.807) is 12.7 Å². The number of carbonyl (C=O) groups is 1. The van der Waals surface area contributed by atoms with Crippen LogP contribution in [0, 0.1) is 28.6 Å². The van der Waals surface area contributed by atoms with E-state index >= 15 is 0 Å². The van der Waals surface area contributed by atoms with Crippen molar-refractivity contribution in [1.29, 1.82) is 0 Å². The fourth-order valence-electron chi connectivity index (χ4n) is 8.21. The normalized spacial score (nSPS) is 41.9. The molecule has 1 aromatic carbocycles. The number of benzene rings is 1. The standard InChI is InChI=1S/C27H37NO2/c1-26-15-13-22-20(10-12-24-27(22,2)16-14-25(29)28(24)3)21(26)11-9-19(26)17-18-7-5-6-8-23(18)30-4/h5-8,17,20-22,24H,9-16H2,1-4H3/t20-,21-,22-,24+,26+,27+/m0/s1. The van der Waals surface area contributed by atoms with Gasteiger partial charge in [-0.3, -0.25) is 4.79 Å². The first-order valence-corrected chi connectivity index (χ1v) is 12.0. The van der Waals surface area contributed by atoms with Gasteiger partial charge in [0.1, 0.15) is 5.75 Å². The molecular formula is C27H37NO2. The molecule has 5 rings (SSSR count). The summed E-state index contributed by atoms with van der Waals surface area (Å²) in [6.07, 6.45) is 11.9. The lowest BCUT2D eigenvalue weighted by atomic mass is 9.47. The highest BCUT2D eigenvalue weighted by molar-refractivity contribution is 5.77. The summed E-state index contributed by atoms with van der Waals surface area (Å²) in [6, 6.07) is 8.88. The van der Waals surface area contributed by atoms with Crippen LogP contribution in [0.5, 0.6) is 5.75 Å². The number of piperidine rings is 1. The summed E-state index contributed by atoms with van der Waals surface area (Å²) in [5.74, 6) is 3.72. The molecular weight excluding hydrogens is 370 g/mol. The molecule has 4 fully saturated rings. The van der Waals surface area contributed by atoms with E-state index in [9.17, 15) is 4.79 Å². The number of methoxy groups -OCH3 is 1. The van der Waals surface area contributed by atoms with Crippen LogP contribution < -0.4 is 4.74 Å². The Hall–Kier alpha value is -1.77. The lowest BCUT2D eigenvalue weighted by molar-refractivity contribution is -0.156. The van der Waals surface area contributed by atoms with Crippen LogP contribution in [0.15, 0.2) is 29.8 Å². The van der Waals surface area contributed by atoms with Crippen LogP contribution in [0.1, 0.15) is 70.8 Å². The number of hydrogen-bond acceptors (Lipinski definition) is 2. The highest BCUT2D eigenvalue weighted by Gasteiger charge is 2.60. The molecule has 0 radical (unpaired) electrons. The van der Waals surface area contributed by atoms with E-state index in [1.807, 2.05) is 0 Å². The lowest BCUT2D eigenvalue weighted by Crippen LogP contribution is -2.61. The Kier molecular flexibility index (Phi) is 4.79. The fourth-order valence-corrected chi connectivity index (χ4v) is 8.21. The Labute approximate surface area is 181 Å². The van der Waals surface area contributed by atoms with Gasteiger partial charge in [0.15, 0.2) is 0 Å². The Balaban J connectivity index is 1.45. The molecule has 30 heavy (non-hydrogen) atoms. The predicted octanol–water partition coefficient (Wildman–Crippen LogP) is 5.94. The zero-order valence-electron chi connectivity index (χ0n) is 19.1. The van der Waals surface area contributed by atoms with E-state index in [0.29, 0.717) is 22.8 Å². The van der Waals surface area contributed by atoms with Crippen LogP contribution in [0.2, 0.25) is 0 Å². The van der Waals surface area contributed by atoms with E-state index < -0.39 is 0 Å². The maximum absolute atomic E-state index is 12.4. The van der Waals surface area contributed by atoms with Crippen molar-refractivity contribution in [1.82, 2.24) is 4.90 Å². The summed E-state index contributed by atoms with van der Waals surface area (Å²) < 4.78 is 5.62. The number of hydrogen-bond donors (Lipinski definition) is 0. The number of carbonyl (C=O) groups excluding carboxylic acids is 1. The van der Waals surface area contributed by atoms with E-state index in [1.165, 1.54) is 44.1 Å². The molecule has 162 valence electrons. The Bertz CT molecular complexity index is 875. The molecule has 0 spiro atoms. The number of allylic oxidation sites excluding steroid dienone is 1. The second-order valence-corrected chi connectivity index (χ2v) is 10.9. The zero-order chi connectivity index (χ0) is 21.1. The molecule has 6 atom stereocenters. The van der Waals surface area contributed by atoms with Crippen molar-refractivity contribution >= 4 is 12.0 Å². The minimum Gasteiger partial charge on any atom is -0.496 e. The first-order valence-electron chi connectivity index (χ1n) is 12.0. The number of amides is 1. The molecule has 3 heteroatoms. The Morgan fingerprint density at radius 2 is 1.83 bits per heavy atom. The van der Waals surface area contributed by atoms with Crippen molar-refractivity contribution < 1.29 is 9.53 Å². The third kappa shape index (κ3) is 2.80. The molecule has 3 aliphatic carbocycles. The Morgan fingerprint density at radius 3 is 2.63 bits per heavy atom. The van der Waals surface area contributed by atoms with Crippen molar-refractivity contribution in [2.75, 3.05) is 14.2 Å². The van der Waals surface area contributed by atoms with Crippen LogP contribution in [0.3, 0.4) is 0 Å². The second kappa shape index (κ2) is 7.14. The van der Waals surface area contributed by atoms with Crippen molar-refractivity contribution in [3.63, 3.8) is 0 Å². The first-order chi connectivity index (χ1) is 14.4. The van der Waals surface area contributed by atoms with E-state index in [-0.39, 0.29) is 0 Å². The van der Waals surface area contributed by atoms with E-state index in [2.05, 4.69) is 56.1 Å². The minimum absolute atomic E-state index is 0.308. The van der Waals surface area contributed by atoms with Crippen LogP contribution in [-0.4, -0.2) is 31.0 Å². The van der Waals surface area contributed by atoms with Gasteiger partial charge < -0.3 is 9.64 Å². The van der Waals surface area contributed by atoms with Gasteiger partial charge in [0.25, 0.3) is 0 Å². The average molecular weight is 408 g/mol. The van der Waals surface area contributed by atoms with Gasteiger partial charge in [0.05, 0.1) is 7.11 Å². The summed E-state index contributed by atoms with van der Waals surface area (Å²) in [5, 5.41) is 0. The molecule has 1 aliphatic heterocycles. The number of para-hydroxylation sites is 1. The maximum Gasteiger partial charge on any atom is 0.222 e. The molecule has 0 bridgehead atoms. The molecule has 3 nitrogen and oxygen atoms in total. The van der Waals surface area contributed by atoms with Crippen LogP contribution >= 0.6 is 0 Å². The molecule has 3 saturated carbocycles. The van der Waals surface area contributed by atoms with Gasteiger partial charge >= 0.3 is 0 Å². The first kappa shape index (κ1) is 20.2. The third-order valence-electron chi connectivity index (χ3n) is 9.87. The SMILES string of the molecule is COc1ccccc1C=C1CC[C@H]2[C@@H]3CC[C@H]4N(C)C(=O)CC[C@]4(C)[C@H]3CC[C@]12C. The molecule has 0 N–H and O–H groups in total. The van der Waals surface area contributed by atoms with E-state index in [4.69, 9.17) is 4.74 Å². The molecule has 0 aromatic heterocycles. The molecule has 1 amide bonds. The number of rotatable bonds is 2. The molecule has 1 heterocycles. The van der Waals surface area contributed by atoms with Gasteiger partial charge in [0, 0.05) is 25.1 Å². The zero-order valence-corrected chi connectivity index (χ0v) is 19.1. The molecule has 1 saturated heterocycles. The smallest absolute Gasteiger partial charge is 0.222 e. The van der Waals surface area contributed by atoms with Crippen molar-refractivity contribution in [2.24, 2.45) is 28.6 Å². The largest absolute Gasteiger partial charge is 0.496 e. The highest BCUT2D eigenvalue weighted by Crippen LogP contribution is 2.66. The summed E-state index contributed by atoms with van der Waals surface area (Å²) in [6.45, 7) is 5.06. The highest BCUT2D eigenvalue weighted by atomic mass is 16.5. The third-order valence-corrected chi connectivity index (χ3v) is 9.87. The van der Waals surface area contributed by atoms with Crippen LogP contribution in [0.25, 0.3) is 6.08 Å². The summed E-state index contributed by atoms with van der Waals surface area (Å²) >= 11 is 0. The van der Waals surface area contributed by atoms with Crippen molar-refractivity contribution in [2.45, 2.75) is 71.3 Å². The fraction of sp³-hybridized carbons (Fsp3) is 0.667. The predicted molar refractivity (Wildman–Crippen MR) is 121 cm³/mol. The molecule has 1 aromatic rings. The quantitative estimate of drug-likeness (QED) is 0.607. The van der Waals surface area contributed by atoms with Gasteiger partial charge in [0.2, 0.25) is 5.91 Å². The van der Waals surface area contributed by atoms with Crippen molar-refractivity contribution in [3.05, 3.63) is 35.4 Å². The lowest BCUT2D eigenvalue weighted by Gasteiger charge is -2.61. The van der Waals surface area contributed by atoms with Gasteiger partial charge in [-0.1, -0.05) is 43.7 Å². The monoisotopic (exact) mass is 407 g/mol. The number of ether oxygens (including phenoxy) is 1. The summed E-state index contributed by atoms with van der Waals surface area (Å²) in [5.41, 5.74) is 3.49. The van der Waals surface area contributed by atoms with Gasteiger partial charge in [-0.15, -0.1) is 0 Å². The Morgan fingerprint density at radius 1 is 1.03 bits per heavy atom. The van der Waals surface area contributed by atoms with E-state index in [0.717, 1.165) is 36.3 Å². The van der Waals surface area contributed by atoms with Gasteiger partial charge in [-0.05, 0) is 79.6 Å². The molecule has 0 unspecified atom stereocenters. The van der Waals surface area contributed by atoms with Crippen molar-refractivity contribution in [3.8, 4) is 5.75 Å². The minimum atomic E-state index is 0.308. The average Bonchev–Trinajstić information content (AvgIpc) is 3.08. The summed E-state index contributed by atoms with van der Waals surface area (Å²) in [7, 11) is 3.83. The summed E-state index contributed by atoms with van der Waals surface area (Å²) in [4.78, 5) is 14.5. The van der Waals surface area contributed by atoms with Crippen LogP contribution in [0.4, 0.5) is 0 Å². The van der Waals surface area contributed by atoms with Crippen LogP contribution in [-0.2, 0) is 4.79 Å². The topological polar surface area (TPSA) is 29.5 Å². The number of fused-ring (bicyclic) bond motifs is 5. The molecule has 4 aliphatic rings. The second-order valence-electron chi connectivity index (χ2n) is 10.9. The van der Waals surface area contributed by atoms with Gasteiger partial charge in [-0.2, -0.15) is 0 Å². The number of likely N-dealkylation sites (tertiary alicyclic amines) is 1. The maximum atomic E-state index is 12.4. The van der Waals surface area contributed by atoms with Gasteiger partial charge in [-0.25, -0.2) is 0 Å².